The second-order valence-corrected chi connectivity index (χ2v) is 7.12. The minimum Gasteiger partial charge on any atom is -0.357 e. The topological polar surface area (TPSA) is 80.1 Å². The highest BCUT2D eigenvalue weighted by Gasteiger charge is 2.36. The quantitative estimate of drug-likeness (QED) is 0.895. The monoisotopic (exact) mass is 353 g/mol. The summed E-state index contributed by atoms with van der Waals surface area (Å²) >= 11 is 0. The molecule has 1 unspecified atom stereocenters. The number of rotatable bonds is 4. The number of amides is 2. The summed E-state index contributed by atoms with van der Waals surface area (Å²) in [6.07, 6.45) is 2.76. The summed E-state index contributed by atoms with van der Waals surface area (Å²) in [5.74, 6) is 1.92. The fraction of sp³-hybridized carbons (Fsp3) is 0.474. The third-order valence-corrected chi connectivity index (χ3v) is 5.28. The number of benzene rings is 1. The van der Waals surface area contributed by atoms with Crippen molar-refractivity contribution >= 4 is 11.8 Å². The van der Waals surface area contributed by atoms with Gasteiger partial charge in [0.25, 0.3) is 0 Å². The van der Waals surface area contributed by atoms with E-state index >= 15 is 0 Å². The summed E-state index contributed by atoms with van der Waals surface area (Å²) in [4.78, 5) is 27.0. The average Bonchev–Trinajstić information content (AvgIpc) is 3.44. The van der Waals surface area contributed by atoms with Crippen molar-refractivity contribution in [3.05, 3.63) is 47.0 Å². The molecule has 1 N–H and O–H groups in total. The lowest BCUT2D eigenvalue weighted by Gasteiger charge is -2.35. The van der Waals surface area contributed by atoms with E-state index in [4.69, 9.17) is 0 Å². The fourth-order valence-corrected chi connectivity index (χ4v) is 3.62. The lowest BCUT2D eigenvalue weighted by molar-refractivity contribution is -0.142. The predicted octanol–water partition coefficient (Wildman–Crippen LogP) is 1.16. The van der Waals surface area contributed by atoms with Gasteiger partial charge in [0.05, 0.1) is 19.5 Å². The van der Waals surface area contributed by atoms with Crippen molar-refractivity contribution in [1.29, 1.82) is 0 Å². The number of carbonyl (C=O) groups excluding carboxylic acids is 2. The number of carbonyl (C=O) groups is 2. The Morgan fingerprint density at radius 1 is 1.27 bits per heavy atom. The van der Waals surface area contributed by atoms with E-state index in [0.717, 1.165) is 17.2 Å². The van der Waals surface area contributed by atoms with Crippen molar-refractivity contribution in [3.63, 3.8) is 0 Å². The first-order valence-corrected chi connectivity index (χ1v) is 9.05. The molecule has 2 aliphatic rings. The normalized spacial score (nSPS) is 19.2. The lowest BCUT2D eigenvalue weighted by atomic mass is 10.0. The fourth-order valence-electron chi connectivity index (χ4n) is 3.62. The highest BCUT2D eigenvalue weighted by atomic mass is 16.2. The van der Waals surface area contributed by atoms with E-state index in [2.05, 4.69) is 27.6 Å². The molecule has 1 aromatic heterocycles. The zero-order valence-electron chi connectivity index (χ0n) is 15.1. The molecular formula is C19H23N5O2. The lowest BCUT2D eigenvalue weighted by Crippen LogP contribution is -2.54. The molecule has 1 atom stereocenters. The van der Waals surface area contributed by atoms with Crippen LogP contribution in [0.1, 0.15) is 41.5 Å². The Balaban J connectivity index is 1.56. The van der Waals surface area contributed by atoms with E-state index in [0.29, 0.717) is 25.4 Å². The second kappa shape index (κ2) is 6.55. The number of aryl methyl sites for hydroxylation is 1. The first-order chi connectivity index (χ1) is 12.6. The number of hydrogen-bond acceptors (Lipinski definition) is 4. The minimum atomic E-state index is -0.540. The maximum absolute atomic E-state index is 13.0. The average molecular weight is 353 g/mol. The van der Waals surface area contributed by atoms with Gasteiger partial charge in [-0.2, -0.15) is 0 Å². The van der Waals surface area contributed by atoms with Crippen LogP contribution in [-0.4, -0.2) is 44.6 Å². The molecule has 26 heavy (non-hydrogen) atoms. The zero-order valence-corrected chi connectivity index (χ0v) is 15.1. The molecule has 2 aromatic rings. The molecule has 2 heterocycles. The van der Waals surface area contributed by atoms with Gasteiger partial charge in [-0.15, -0.1) is 10.2 Å². The second-order valence-electron chi connectivity index (χ2n) is 7.12. The van der Waals surface area contributed by atoms with Gasteiger partial charge >= 0.3 is 0 Å². The van der Waals surface area contributed by atoms with Crippen molar-refractivity contribution in [2.45, 2.75) is 51.2 Å². The highest BCUT2D eigenvalue weighted by molar-refractivity contribution is 5.88. The Hall–Kier alpha value is -2.70. The summed E-state index contributed by atoms with van der Waals surface area (Å²) < 4.78 is 1.91. The molecule has 136 valence electrons. The van der Waals surface area contributed by atoms with Crippen molar-refractivity contribution in [2.24, 2.45) is 0 Å². The number of fused-ring (bicyclic) bond motifs is 1. The van der Waals surface area contributed by atoms with Gasteiger partial charge in [-0.05, 0) is 36.8 Å². The molecule has 1 saturated carbocycles. The summed E-state index contributed by atoms with van der Waals surface area (Å²) in [6, 6.07) is 7.71. The van der Waals surface area contributed by atoms with E-state index < -0.39 is 6.04 Å². The van der Waals surface area contributed by atoms with Crippen LogP contribution in [-0.2, 0) is 29.1 Å². The van der Waals surface area contributed by atoms with E-state index in [1.54, 1.807) is 11.9 Å². The molecular weight excluding hydrogens is 330 g/mol. The smallest absolute Gasteiger partial charge is 0.244 e. The SMILES string of the molecule is CNC(=O)C1Cn2c(C)nnc2CN1C(=O)Cc1cccc(C2CC2)c1. The van der Waals surface area contributed by atoms with E-state index in [-0.39, 0.29) is 11.8 Å². The summed E-state index contributed by atoms with van der Waals surface area (Å²) in [5, 5.41) is 10.9. The maximum atomic E-state index is 13.0. The Bertz CT molecular complexity index is 855. The molecule has 0 saturated heterocycles. The Kier molecular flexibility index (Phi) is 4.22. The van der Waals surface area contributed by atoms with Crippen LogP contribution in [0.4, 0.5) is 0 Å². The van der Waals surface area contributed by atoms with E-state index in [1.165, 1.54) is 18.4 Å². The van der Waals surface area contributed by atoms with Gasteiger partial charge in [-0.3, -0.25) is 9.59 Å². The zero-order chi connectivity index (χ0) is 18.3. The van der Waals surface area contributed by atoms with Gasteiger partial charge in [0.1, 0.15) is 11.9 Å². The van der Waals surface area contributed by atoms with Crippen molar-refractivity contribution in [3.8, 4) is 0 Å². The Morgan fingerprint density at radius 2 is 2.08 bits per heavy atom. The van der Waals surface area contributed by atoms with Crippen LogP contribution < -0.4 is 5.32 Å². The van der Waals surface area contributed by atoms with Gasteiger partial charge in [-0.25, -0.2) is 0 Å². The molecule has 0 radical (unpaired) electrons. The molecule has 7 nitrogen and oxygen atoms in total. The molecule has 0 spiro atoms. The number of nitrogens with one attached hydrogen (secondary N) is 1. The Labute approximate surface area is 152 Å². The van der Waals surface area contributed by atoms with Crippen LogP contribution in [0, 0.1) is 6.92 Å². The van der Waals surface area contributed by atoms with Crippen LogP contribution in [0.2, 0.25) is 0 Å². The molecule has 1 aliphatic heterocycles. The summed E-state index contributed by atoms with van der Waals surface area (Å²) in [6.45, 7) is 2.56. The number of hydrogen-bond donors (Lipinski definition) is 1. The number of likely N-dealkylation sites (N-methyl/N-ethyl adjacent to an activating group) is 1. The van der Waals surface area contributed by atoms with Crippen LogP contribution in [0.15, 0.2) is 24.3 Å². The van der Waals surface area contributed by atoms with E-state index in [9.17, 15) is 9.59 Å². The first-order valence-electron chi connectivity index (χ1n) is 9.05. The van der Waals surface area contributed by atoms with Gasteiger partial charge in [0.15, 0.2) is 5.82 Å². The predicted molar refractivity (Wildman–Crippen MR) is 95.3 cm³/mol. The van der Waals surface area contributed by atoms with Gasteiger partial charge in [0, 0.05) is 7.05 Å². The third-order valence-electron chi connectivity index (χ3n) is 5.28. The van der Waals surface area contributed by atoms with Gasteiger partial charge in [0.2, 0.25) is 11.8 Å². The maximum Gasteiger partial charge on any atom is 0.244 e. The molecule has 2 amide bonds. The number of nitrogens with zero attached hydrogens (tertiary/aromatic N) is 4. The first kappa shape index (κ1) is 16.8. The van der Waals surface area contributed by atoms with Gasteiger partial charge < -0.3 is 14.8 Å². The van der Waals surface area contributed by atoms with E-state index in [1.807, 2.05) is 23.6 Å². The van der Waals surface area contributed by atoms with Crippen molar-refractivity contribution < 1.29 is 9.59 Å². The van der Waals surface area contributed by atoms with Crippen LogP contribution in [0.5, 0.6) is 0 Å². The molecule has 1 fully saturated rings. The van der Waals surface area contributed by atoms with Gasteiger partial charge in [-0.1, -0.05) is 24.3 Å². The van der Waals surface area contributed by atoms with Crippen molar-refractivity contribution in [2.75, 3.05) is 7.05 Å². The van der Waals surface area contributed by atoms with Crippen LogP contribution in [0.3, 0.4) is 0 Å². The van der Waals surface area contributed by atoms with Crippen molar-refractivity contribution in [1.82, 2.24) is 25.0 Å². The molecule has 4 rings (SSSR count). The molecule has 7 heteroatoms. The van der Waals surface area contributed by atoms with Crippen LogP contribution >= 0.6 is 0 Å². The third kappa shape index (κ3) is 3.09. The molecule has 1 aromatic carbocycles. The largest absolute Gasteiger partial charge is 0.357 e. The summed E-state index contributed by atoms with van der Waals surface area (Å²) in [5.41, 5.74) is 2.31. The standard InChI is InChI=1S/C19H23N5O2/c1-12-21-22-17-11-24(16(10-23(12)17)19(26)20-2)18(25)9-13-4-3-5-15(8-13)14-6-7-14/h3-5,8,14,16H,6-7,9-11H2,1-2H3,(H,20,26). The molecule has 0 bridgehead atoms. The molecule has 1 aliphatic carbocycles. The van der Waals surface area contributed by atoms with Crippen LogP contribution in [0.25, 0.3) is 0 Å². The number of aromatic nitrogens is 3. The minimum absolute atomic E-state index is 0.0570. The highest BCUT2D eigenvalue weighted by Crippen LogP contribution is 2.40. The summed E-state index contributed by atoms with van der Waals surface area (Å²) in [7, 11) is 1.60. The Morgan fingerprint density at radius 3 is 2.81 bits per heavy atom.